The molecule has 4 heterocycles. The van der Waals surface area contributed by atoms with Crippen LogP contribution in [-0.2, 0) is 16.0 Å². The number of anilines is 1. The Hall–Kier alpha value is -4.02. The van der Waals surface area contributed by atoms with Gasteiger partial charge in [0.15, 0.2) is 0 Å². The predicted molar refractivity (Wildman–Crippen MR) is 148 cm³/mol. The predicted octanol–water partition coefficient (Wildman–Crippen LogP) is 4.30. The molecule has 0 radical (unpaired) electrons. The number of fused-ring (bicyclic) bond motifs is 1. The number of morpholine rings is 1. The van der Waals surface area contributed by atoms with Crippen molar-refractivity contribution in [1.29, 1.82) is 0 Å². The summed E-state index contributed by atoms with van der Waals surface area (Å²) in [6.45, 7) is 8.64. The lowest BCUT2D eigenvalue weighted by atomic mass is 10.00. The van der Waals surface area contributed by atoms with E-state index in [2.05, 4.69) is 25.2 Å². The van der Waals surface area contributed by atoms with E-state index in [0.717, 1.165) is 60.9 Å². The quantitative estimate of drug-likeness (QED) is 0.375. The van der Waals surface area contributed by atoms with Crippen LogP contribution in [-0.4, -0.2) is 70.0 Å². The van der Waals surface area contributed by atoms with Crippen molar-refractivity contribution in [3.63, 3.8) is 0 Å². The monoisotopic (exact) mass is 518 g/mol. The van der Waals surface area contributed by atoms with Gasteiger partial charge in [0.05, 0.1) is 36.5 Å². The third-order valence-corrected chi connectivity index (χ3v) is 6.44. The maximum Gasteiger partial charge on any atom is 0.413 e. The zero-order chi connectivity index (χ0) is 25.8. The van der Waals surface area contributed by atoms with Crippen LogP contribution in [0.1, 0.15) is 20.0 Å². The molecule has 5 rings (SSSR count). The van der Waals surface area contributed by atoms with E-state index in [9.17, 15) is 9.59 Å². The van der Waals surface area contributed by atoms with E-state index in [1.165, 1.54) is 0 Å². The molecule has 200 valence electrons. The van der Waals surface area contributed by atoms with Crippen LogP contribution in [0.2, 0.25) is 0 Å². The molecule has 10 heteroatoms. The molecule has 0 saturated carbocycles. The number of H-pyrrole nitrogens is 1. The third-order valence-electron chi connectivity index (χ3n) is 6.44. The minimum Gasteiger partial charge on any atom is -0.450 e. The van der Waals surface area contributed by atoms with Gasteiger partial charge in [0.2, 0.25) is 5.95 Å². The molecule has 0 atom stereocenters. The number of aryl methyl sites for hydroxylation is 1. The number of aromatic nitrogens is 4. The summed E-state index contributed by atoms with van der Waals surface area (Å²) in [7, 11) is 0. The Morgan fingerprint density at radius 2 is 1.92 bits per heavy atom. The zero-order valence-electron chi connectivity index (χ0n) is 21.0. The van der Waals surface area contributed by atoms with E-state index in [1.54, 1.807) is 19.2 Å². The van der Waals surface area contributed by atoms with Crippen molar-refractivity contribution in [3.05, 3.63) is 64.7 Å². The van der Waals surface area contributed by atoms with E-state index in [0.29, 0.717) is 17.6 Å². The topological polar surface area (TPSA) is 114 Å². The number of nitrogens with one attached hydrogen (secondary N) is 2. The van der Waals surface area contributed by atoms with Crippen LogP contribution in [0.15, 0.2) is 53.5 Å². The molecule has 3 aromatic heterocycles. The van der Waals surface area contributed by atoms with Crippen molar-refractivity contribution < 1.29 is 14.3 Å². The Morgan fingerprint density at radius 1 is 1.13 bits per heavy atom. The Labute approximate surface area is 221 Å². The molecule has 1 saturated heterocycles. The van der Waals surface area contributed by atoms with Crippen LogP contribution in [0.4, 0.5) is 10.7 Å². The Bertz CT molecular complexity index is 1460. The Morgan fingerprint density at radius 3 is 2.63 bits per heavy atom. The normalized spacial score (nSPS) is 13.7. The second-order valence-corrected chi connectivity index (χ2v) is 8.90. The fourth-order valence-corrected chi connectivity index (χ4v) is 4.57. The van der Waals surface area contributed by atoms with E-state index in [1.807, 2.05) is 47.9 Å². The average Bonchev–Trinajstić information content (AvgIpc) is 3.31. The van der Waals surface area contributed by atoms with E-state index in [4.69, 9.17) is 9.47 Å². The van der Waals surface area contributed by atoms with Crippen LogP contribution >= 0.6 is 0 Å². The Balaban J connectivity index is 0.00000336. The first-order valence-electron chi connectivity index (χ1n) is 12.4. The maximum absolute atomic E-state index is 13.1. The van der Waals surface area contributed by atoms with Crippen molar-refractivity contribution in [2.45, 2.75) is 27.8 Å². The van der Waals surface area contributed by atoms with Crippen molar-refractivity contribution in [3.8, 4) is 22.4 Å². The summed E-state index contributed by atoms with van der Waals surface area (Å²) in [4.78, 5) is 39.6. The minimum atomic E-state index is -0.586. The molecule has 1 amide bonds. The summed E-state index contributed by atoms with van der Waals surface area (Å²) in [5, 5.41) is 2.62. The van der Waals surface area contributed by atoms with Gasteiger partial charge in [0.25, 0.3) is 5.56 Å². The molecular weight excluding hydrogens is 484 g/mol. The van der Waals surface area contributed by atoms with Gasteiger partial charge >= 0.3 is 6.09 Å². The molecule has 1 fully saturated rings. The number of carbonyl (C=O) groups excluding carboxylic acids is 1. The van der Waals surface area contributed by atoms with Crippen LogP contribution < -0.4 is 10.9 Å². The third kappa shape index (κ3) is 5.92. The second-order valence-electron chi connectivity index (χ2n) is 8.90. The molecule has 0 unspecified atom stereocenters. The molecule has 38 heavy (non-hydrogen) atoms. The molecule has 0 spiro atoms. The highest BCUT2D eigenvalue weighted by atomic mass is 16.5. The van der Waals surface area contributed by atoms with Crippen LogP contribution in [0.5, 0.6) is 0 Å². The number of amides is 1. The van der Waals surface area contributed by atoms with Gasteiger partial charge in [0, 0.05) is 49.7 Å². The van der Waals surface area contributed by atoms with Crippen molar-refractivity contribution in [2.24, 2.45) is 0 Å². The van der Waals surface area contributed by atoms with Crippen LogP contribution in [0.3, 0.4) is 0 Å². The molecule has 1 aromatic carbocycles. The molecule has 10 nitrogen and oxygen atoms in total. The van der Waals surface area contributed by atoms with Gasteiger partial charge < -0.3 is 19.0 Å². The first kappa shape index (κ1) is 27.0. The minimum absolute atomic E-state index is 0. The lowest BCUT2D eigenvalue weighted by Gasteiger charge is -2.27. The van der Waals surface area contributed by atoms with E-state index < -0.39 is 6.09 Å². The number of imidazole rings is 1. The number of nitrogens with zero attached hydrogens (tertiary/aromatic N) is 4. The number of benzene rings is 1. The first-order valence-corrected chi connectivity index (χ1v) is 12.4. The van der Waals surface area contributed by atoms with Crippen LogP contribution in [0.25, 0.3) is 33.4 Å². The van der Waals surface area contributed by atoms with E-state index >= 15 is 0 Å². The number of pyridine rings is 2. The van der Waals surface area contributed by atoms with Gasteiger partial charge in [-0.1, -0.05) is 13.5 Å². The van der Waals surface area contributed by atoms with Gasteiger partial charge in [-0.15, -0.1) is 0 Å². The molecule has 0 bridgehead atoms. The molecule has 2 N–H and O–H groups in total. The highest BCUT2D eigenvalue weighted by Gasteiger charge is 2.16. The number of ether oxygens (including phenoxy) is 2. The summed E-state index contributed by atoms with van der Waals surface area (Å²) < 4.78 is 12.2. The number of carbonyl (C=O) groups is 1. The Kier molecular flexibility index (Phi) is 8.55. The van der Waals surface area contributed by atoms with E-state index in [-0.39, 0.29) is 25.5 Å². The molecule has 1 aliphatic rings. The summed E-state index contributed by atoms with van der Waals surface area (Å²) in [6.07, 6.45) is 1.13. The summed E-state index contributed by atoms with van der Waals surface area (Å²) in [6, 6.07) is 13.3. The summed E-state index contributed by atoms with van der Waals surface area (Å²) in [5.41, 5.74) is 5.39. The average molecular weight is 519 g/mol. The summed E-state index contributed by atoms with van der Waals surface area (Å²) in [5.74, 6) is 0.275. The molecule has 0 aliphatic carbocycles. The molecule has 1 aliphatic heterocycles. The molecular formula is C28H34N6O4. The maximum atomic E-state index is 13.1. The largest absolute Gasteiger partial charge is 0.450 e. The number of hydrogen-bond donors (Lipinski definition) is 2. The first-order chi connectivity index (χ1) is 18.0. The standard InChI is InChI=1S/C27H30N6O4.CH4/c1-3-37-27(35)31-26-29-23-16-20(15-21(25(23)30-26)22-6-4-5-7-28-22)19-14-18(2)33(24(34)17-19)9-8-32-10-12-36-13-11-32;/h4-7,14-17H,3,8-13H2,1-2H3,(H2,29,30,31,35);1H4. The van der Waals surface area contributed by atoms with Crippen molar-refractivity contribution >= 4 is 23.1 Å². The number of aromatic amines is 1. The van der Waals surface area contributed by atoms with Gasteiger partial charge in [0.1, 0.15) is 0 Å². The highest BCUT2D eigenvalue weighted by Crippen LogP contribution is 2.33. The van der Waals surface area contributed by atoms with Gasteiger partial charge in [-0.3, -0.25) is 20.0 Å². The van der Waals surface area contributed by atoms with Gasteiger partial charge in [-0.05, 0) is 55.3 Å². The van der Waals surface area contributed by atoms with Gasteiger partial charge in [-0.25, -0.2) is 9.78 Å². The fourth-order valence-electron chi connectivity index (χ4n) is 4.57. The zero-order valence-corrected chi connectivity index (χ0v) is 21.0. The van der Waals surface area contributed by atoms with Gasteiger partial charge in [-0.2, -0.15) is 0 Å². The number of hydrogen-bond acceptors (Lipinski definition) is 7. The van der Waals surface area contributed by atoms with Crippen molar-refractivity contribution in [2.75, 3.05) is 44.8 Å². The SMILES string of the molecule is C.CCOC(=O)Nc1nc2c(-c3ccccn3)cc(-c3cc(C)n(CCN4CCOCC4)c(=O)c3)cc2[nH]1. The molecule has 4 aromatic rings. The summed E-state index contributed by atoms with van der Waals surface area (Å²) >= 11 is 0. The lowest BCUT2D eigenvalue weighted by Crippen LogP contribution is -2.39. The second kappa shape index (κ2) is 12.0. The fraction of sp³-hybridized carbons (Fsp3) is 0.357. The van der Waals surface area contributed by atoms with Crippen molar-refractivity contribution in [1.82, 2.24) is 24.4 Å². The highest BCUT2D eigenvalue weighted by molar-refractivity contribution is 5.97. The lowest BCUT2D eigenvalue weighted by molar-refractivity contribution is 0.0362. The smallest absolute Gasteiger partial charge is 0.413 e. The van der Waals surface area contributed by atoms with Crippen LogP contribution in [0, 0.1) is 6.92 Å². The number of rotatable bonds is 7.